The first kappa shape index (κ1) is 11.7. The summed E-state index contributed by atoms with van der Waals surface area (Å²) < 4.78 is 1.01. The van der Waals surface area contributed by atoms with E-state index in [2.05, 4.69) is 37.3 Å². The molecule has 1 unspecified atom stereocenters. The molecule has 0 aromatic carbocycles. The molecule has 2 aromatic rings. The van der Waals surface area contributed by atoms with Crippen LogP contribution in [0.3, 0.4) is 0 Å². The molecule has 5 heteroatoms. The van der Waals surface area contributed by atoms with Crippen LogP contribution in [0.2, 0.25) is 0 Å². The van der Waals surface area contributed by atoms with E-state index in [9.17, 15) is 0 Å². The number of thiazole rings is 1. The molecule has 0 aliphatic carbocycles. The zero-order chi connectivity index (χ0) is 11.4. The number of halogens is 1. The Balaban J connectivity index is 2.16. The third kappa shape index (κ3) is 2.87. The van der Waals surface area contributed by atoms with Gasteiger partial charge in [0.05, 0.1) is 5.51 Å². The molecule has 84 valence electrons. The normalized spacial score (nSPS) is 12.6. The summed E-state index contributed by atoms with van der Waals surface area (Å²) in [6, 6.07) is 2.38. The Kier molecular flexibility index (Phi) is 4.04. The fraction of sp³-hybridized carbons (Fsp3) is 0.273. The monoisotopic (exact) mass is 297 g/mol. The number of aromatic nitrogens is 2. The molecule has 0 saturated carbocycles. The van der Waals surface area contributed by atoms with Gasteiger partial charge in [0.1, 0.15) is 0 Å². The number of hydrogen-bond acceptors (Lipinski definition) is 4. The number of nitrogens with zero attached hydrogens (tertiary/aromatic N) is 2. The van der Waals surface area contributed by atoms with Crippen molar-refractivity contribution in [3.63, 3.8) is 0 Å². The predicted molar refractivity (Wildman–Crippen MR) is 69.6 cm³/mol. The van der Waals surface area contributed by atoms with Crippen LogP contribution in [0.5, 0.6) is 0 Å². The SMILES string of the molecule is CNC(Cc1cncs1)c1cncc(Br)c1. The van der Waals surface area contributed by atoms with Gasteiger partial charge in [-0.3, -0.25) is 9.97 Å². The third-order valence-corrected chi connectivity index (χ3v) is 3.60. The Hall–Kier alpha value is -0.780. The van der Waals surface area contributed by atoms with Gasteiger partial charge in [-0.25, -0.2) is 0 Å². The topological polar surface area (TPSA) is 37.8 Å². The highest BCUT2D eigenvalue weighted by molar-refractivity contribution is 9.10. The van der Waals surface area contributed by atoms with E-state index in [1.165, 1.54) is 10.4 Å². The maximum atomic E-state index is 4.18. The molecule has 2 heterocycles. The third-order valence-electron chi connectivity index (χ3n) is 2.37. The van der Waals surface area contributed by atoms with Crippen molar-refractivity contribution < 1.29 is 0 Å². The second-order valence-electron chi connectivity index (χ2n) is 3.45. The summed E-state index contributed by atoms with van der Waals surface area (Å²) in [6.07, 6.45) is 6.55. The van der Waals surface area contributed by atoms with E-state index in [-0.39, 0.29) is 6.04 Å². The van der Waals surface area contributed by atoms with Crippen LogP contribution in [-0.4, -0.2) is 17.0 Å². The molecule has 0 amide bonds. The molecule has 0 aliphatic rings. The number of pyridine rings is 1. The minimum absolute atomic E-state index is 0.283. The fourth-order valence-corrected chi connectivity index (χ4v) is 2.57. The number of nitrogens with one attached hydrogen (secondary N) is 1. The summed E-state index contributed by atoms with van der Waals surface area (Å²) in [7, 11) is 1.96. The van der Waals surface area contributed by atoms with Gasteiger partial charge in [0.15, 0.2) is 0 Å². The van der Waals surface area contributed by atoms with E-state index in [0.29, 0.717) is 0 Å². The van der Waals surface area contributed by atoms with Crippen molar-refractivity contribution in [3.8, 4) is 0 Å². The van der Waals surface area contributed by atoms with Gasteiger partial charge in [-0.2, -0.15) is 0 Å². The first-order valence-electron chi connectivity index (χ1n) is 4.94. The van der Waals surface area contributed by atoms with Crippen molar-refractivity contribution in [3.05, 3.63) is 45.1 Å². The Labute approximate surface area is 107 Å². The van der Waals surface area contributed by atoms with Crippen molar-refractivity contribution in [1.29, 1.82) is 0 Å². The van der Waals surface area contributed by atoms with E-state index in [0.717, 1.165) is 10.9 Å². The minimum atomic E-state index is 0.283. The van der Waals surface area contributed by atoms with Crippen LogP contribution >= 0.6 is 27.3 Å². The summed E-state index contributed by atoms with van der Waals surface area (Å²) in [5, 5.41) is 3.30. The van der Waals surface area contributed by atoms with Crippen LogP contribution in [0, 0.1) is 0 Å². The average Bonchev–Trinajstić information content (AvgIpc) is 2.78. The zero-order valence-corrected chi connectivity index (χ0v) is 11.3. The van der Waals surface area contributed by atoms with E-state index < -0.39 is 0 Å². The Bertz CT molecular complexity index is 444. The van der Waals surface area contributed by atoms with Gasteiger partial charge >= 0.3 is 0 Å². The lowest BCUT2D eigenvalue weighted by atomic mass is 10.1. The molecule has 16 heavy (non-hydrogen) atoms. The van der Waals surface area contributed by atoms with E-state index in [1.807, 2.05) is 25.0 Å². The number of likely N-dealkylation sites (N-methyl/N-ethyl adjacent to an activating group) is 1. The molecule has 1 N–H and O–H groups in total. The summed E-state index contributed by atoms with van der Waals surface area (Å²) in [4.78, 5) is 9.55. The quantitative estimate of drug-likeness (QED) is 0.943. The van der Waals surface area contributed by atoms with Gasteiger partial charge < -0.3 is 5.32 Å². The van der Waals surface area contributed by atoms with Crippen LogP contribution in [-0.2, 0) is 6.42 Å². The molecule has 0 aliphatic heterocycles. The highest BCUT2D eigenvalue weighted by Crippen LogP contribution is 2.21. The van der Waals surface area contributed by atoms with Crippen molar-refractivity contribution >= 4 is 27.3 Å². The summed E-state index contributed by atoms with van der Waals surface area (Å²) >= 11 is 5.12. The molecule has 2 rings (SSSR count). The lowest BCUT2D eigenvalue weighted by Crippen LogP contribution is -2.18. The van der Waals surface area contributed by atoms with E-state index in [1.54, 1.807) is 17.5 Å². The van der Waals surface area contributed by atoms with Crippen LogP contribution < -0.4 is 5.32 Å². The lowest BCUT2D eigenvalue weighted by Gasteiger charge is -2.15. The minimum Gasteiger partial charge on any atom is -0.313 e. The molecular formula is C11H12BrN3S. The Morgan fingerprint density at radius 1 is 1.38 bits per heavy atom. The highest BCUT2D eigenvalue weighted by Gasteiger charge is 2.11. The number of hydrogen-bond donors (Lipinski definition) is 1. The molecule has 0 spiro atoms. The lowest BCUT2D eigenvalue weighted by molar-refractivity contribution is 0.593. The maximum Gasteiger partial charge on any atom is 0.0794 e. The smallest absolute Gasteiger partial charge is 0.0794 e. The number of rotatable bonds is 4. The van der Waals surface area contributed by atoms with Gasteiger partial charge in [-0.05, 0) is 34.6 Å². The average molecular weight is 298 g/mol. The van der Waals surface area contributed by atoms with Crippen LogP contribution in [0.25, 0.3) is 0 Å². The Morgan fingerprint density at radius 2 is 2.25 bits per heavy atom. The largest absolute Gasteiger partial charge is 0.313 e. The van der Waals surface area contributed by atoms with Crippen molar-refractivity contribution in [2.75, 3.05) is 7.05 Å². The van der Waals surface area contributed by atoms with E-state index in [4.69, 9.17) is 0 Å². The van der Waals surface area contributed by atoms with Gasteiger partial charge in [-0.15, -0.1) is 11.3 Å². The molecular weight excluding hydrogens is 286 g/mol. The van der Waals surface area contributed by atoms with Gasteiger partial charge in [0, 0.05) is 40.4 Å². The zero-order valence-electron chi connectivity index (χ0n) is 8.85. The Morgan fingerprint density at radius 3 is 2.88 bits per heavy atom. The summed E-state index contributed by atoms with van der Waals surface area (Å²) in [5.41, 5.74) is 3.05. The van der Waals surface area contributed by atoms with E-state index >= 15 is 0 Å². The first-order chi connectivity index (χ1) is 7.79. The van der Waals surface area contributed by atoms with Crippen LogP contribution in [0.4, 0.5) is 0 Å². The molecule has 0 fully saturated rings. The molecule has 2 aromatic heterocycles. The van der Waals surface area contributed by atoms with Crippen molar-refractivity contribution in [2.45, 2.75) is 12.5 Å². The molecule has 0 bridgehead atoms. The highest BCUT2D eigenvalue weighted by atomic mass is 79.9. The standard InChI is InChI=1S/C11H12BrN3S/c1-13-11(3-10-6-15-7-16-10)8-2-9(12)5-14-4-8/h2,4-7,11,13H,3H2,1H3. The predicted octanol–water partition coefficient (Wildman–Crippen LogP) is 2.80. The molecule has 0 radical (unpaired) electrons. The van der Waals surface area contributed by atoms with Gasteiger partial charge in [0.2, 0.25) is 0 Å². The molecule has 3 nitrogen and oxygen atoms in total. The van der Waals surface area contributed by atoms with Gasteiger partial charge in [-0.1, -0.05) is 0 Å². The summed E-state index contributed by atoms with van der Waals surface area (Å²) in [6.45, 7) is 0. The fourth-order valence-electron chi connectivity index (χ4n) is 1.55. The molecule has 0 saturated heterocycles. The molecule has 1 atom stereocenters. The van der Waals surface area contributed by atoms with Gasteiger partial charge in [0.25, 0.3) is 0 Å². The van der Waals surface area contributed by atoms with Crippen LogP contribution in [0.15, 0.2) is 34.6 Å². The first-order valence-corrected chi connectivity index (χ1v) is 6.62. The maximum absolute atomic E-state index is 4.18. The second kappa shape index (κ2) is 5.52. The van der Waals surface area contributed by atoms with Crippen molar-refractivity contribution in [1.82, 2.24) is 15.3 Å². The second-order valence-corrected chi connectivity index (χ2v) is 5.34. The van der Waals surface area contributed by atoms with Crippen molar-refractivity contribution in [2.24, 2.45) is 0 Å². The van der Waals surface area contributed by atoms with Crippen LogP contribution in [0.1, 0.15) is 16.5 Å². The summed E-state index contributed by atoms with van der Waals surface area (Å²) in [5.74, 6) is 0.